The van der Waals surface area contributed by atoms with Crippen LogP contribution in [0.5, 0.6) is 11.5 Å². The number of hydrazone groups is 1. The fourth-order valence-electron chi connectivity index (χ4n) is 4.22. The van der Waals surface area contributed by atoms with Crippen molar-refractivity contribution < 1.29 is 14.3 Å². The highest BCUT2D eigenvalue weighted by Gasteiger charge is 2.36. The third-order valence-electron chi connectivity index (χ3n) is 6.13. The zero-order valence-corrected chi connectivity index (χ0v) is 24.9. The number of hydrogen-bond donors (Lipinski definition) is 1. The number of methoxy groups -OCH3 is 1. The van der Waals surface area contributed by atoms with E-state index >= 15 is 0 Å². The number of amides is 1. The van der Waals surface area contributed by atoms with Gasteiger partial charge in [0.2, 0.25) is 0 Å². The number of ether oxygens (including phenoxy) is 2. The van der Waals surface area contributed by atoms with Crippen LogP contribution in [0.1, 0.15) is 37.1 Å². The standard InChI is InChI=1S/C28H26Br2N4O3S/c1-3-4-14-38-28-32-27(35)24-18-12-8-9-13-20(18)31-26(34(24)33-28)19-15-21(36-2)25(23(30)22(19)29)37-16-17-10-6-5-7-11-17/h5-13,15,26H,3-4,14,16H2,1-2H3,(H,32,33,35)/t26-/m0/s1. The van der Waals surface area contributed by atoms with Gasteiger partial charge in [-0.25, -0.2) is 5.01 Å². The molecule has 0 fully saturated rings. The molecular weight excluding hydrogens is 632 g/mol. The number of benzene rings is 3. The molecule has 2 aliphatic rings. The summed E-state index contributed by atoms with van der Waals surface area (Å²) in [6, 6.07) is 19.5. The summed E-state index contributed by atoms with van der Waals surface area (Å²) in [4.78, 5) is 18.4. The summed E-state index contributed by atoms with van der Waals surface area (Å²) in [5, 5.41) is 11.6. The summed E-state index contributed by atoms with van der Waals surface area (Å²) in [7, 11) is 1.61. The van der Waals surface area contributed by atoms with E-state index in [1.165, 1.54) is 11.8 Å². The van der Waals surface area contributed by atoms with Gasteiger partial charge in [0.1, 0.15) is 12.3 Å². The first kappa shape index (κ1) is 26.8. The number of carbonyl (C=O) groups excluding carboxylic acids is 1. The monoisotopic (exact) mass is 656 g/mol. The molecule has 0 saturated heterocycles. The highest BCUT2D eigenvalue weighted by atomic mass is 79.9. The van der Waals surface area contributed by atoms with Gasteiger partial charge in [0.05, 0.1) is 16.9 Å². The van der Waals surface area contributed by atoms with E-state index in [2.05, 4.69) is 44.1 Å². The van der Waals surface area contributed by atoms with Gasteiger partial charge in [-0.2, -0.15) is 0 Å². The molecule has 3 aromatic rings. The lowest BCUT2D eigenvalue weighted by Crippen LogP contribution is -2.50. The Labute approximate surface area is 242 Å². The van der Waals surface area contributed by atoms with Crippen molar-refractivity contribution in [1.82, 2.24) is 10.3 Å². The SMILES string of the molecule is CCCCSC1=NN2C(=c3ccccc3=N[C@@H]2c2cc(OC)c(OCc3ccccc3)c(Br)c2Br)C(=O)N1. The Balaban J connectivity index is 1.59. The maximum absolute atomic E-state index is 13.4. The van der Waals surface area contributed by atoms with Crippen LogP contribution in [-0.2, 0) is 11.4 Å². The minimum Gasteiger partial charge on any atom is -0.493 e. The van der Waals surface area contributed by atoms with Gasteiger partial charge in [-0.05, 0) is 56.0 Å². The molecule has 7 nitrogen and oxygen atoms in total. The normalized spacial score (nSPS) is 16.2. The molecule has 10 heteroatoms. The average Bonchev–Trinajstić information content (AvgIpc) is 2.94. The Morgan fingerprint density at radius 2 is 1.84 bits per heavy atom. The number of nitrogens with zero attached hydrogens (tertiary/aromatic N) is 3. The van der Waals surface area contributed by atoms with Crippen molar-refractivity contribution in [3.8, 4) is 11.5 Å². The Kier molecular flexibility index (Phi) is 8.40. The molecule has 2 heterocycles. The number of rotatable bonds is 8. The van der Waals surface area contributed by atoms with E-state index in [9.17, 15) is 4.79 Å². The third kappa shape index (κ3) is 5.34. The van der Waals surface area contributed by atoms with E-state index < -0.39 is 6.17 Å². The fraction of sp³-hybridized carbons (Fsp3) is 0.250. The summed E-state index contributed by atoms with van der Waals surface area (Å²) in [6.07, 6.45) is 1.50. The number of fused-ring (bicyclic) bond motifs is 2. The van der Waals surface area contributed by atoms with Gasteiger partial charge in [-0.15, -0.1) is 5.10 Å². The summed E-state index contributed by atoms with van der Waals surface area (Å²) in [5.74, 6) is 1.79. The van der Waals surface area contributed by atoms with Gasteiger partial charge in [0, 0.05) is 21.0 Å². The van der Waals surface area contributed by atoms with Crippen LogP contribution >= 0.6 is 43.6 Å². The zero-order valence-electron chi connectivity index (χ0n) is 20.9. The van der Waals surface area contributed by atoms with Gasteiger partial charge >= 0.3 is 0 Å². The summed E-state index contributed by atoms with van der Waals surface area (Å²) in [6.45, 7) is 2.52. The molecule has 0 radical (unpaired) electrons. The van der Waals surface area contributed by atoms with E-state index in [-0.39, 0.29) is 5.91 Å². The van der Waals surface area contributed by atoms with E-state index in [1.54, 1.807) is 12.1 Å². The smallest absolute Gasteiger partial charge is 0.276 e. The van der Waals surface area contributed by atoms with Crippen LogP contribution in [0.4, 0.5) is 0 Å². The van der Waals surface area contributed by atoms with Gasteiger partial charge in [0.25, 0.3) is 5.91 Å². The number of nitrogens with one attached hydrogen (secondary N) is 1. The second-order valence-electron chi connectivity index (χ2n) is 8.67. The summed E-state index contributed by atoms with van der Waals surface area (Å²) in [5.41, 5.74) is 2.29. The lowest BCUT2D eigenvalue weighted by molar-refractivity contribution is -0.116. The van der Waals surface area contributed by atoms with Gasteiger partial charge in [-0.1, -0.05) is 73.6 Å². The van der Waals surface area contributed by atoms with Crippen LogP contribution in [0.25, 0.3) is 5.70 Å². The Morgan fingerprint density at radius 3 is 2.61 bits per heavy atom. The lowest BCUT2D eigenvalue weighted by Gasteiger charge is -2.34. The molecule has 38 heavy (non-hydrogen) atoms. The maximum Gasteiger partial charge on any atom is 0.276 e. The van der Waals surface area contributed by atoms with Crippen molar-refractivity contribution in [2.24, 2.45) is 10.1 Å². The van der Waals surface area contributed by atoms with Gasteiger partial charge < -0.3 is 9.47 Å². The van der Waals surface area contributed by atoms with E-state index in [0.717, 1.165) is 44.8 Å². The number of hydrogen-bond acceptors (Lipinski definition) is 7. The predicted molar refractivity (Wildman–Crippen MR) is 157 cm³/mol. The van der Waals surface area contributed by atoms with Gasteiger partial charge in [0.15, 0.2) is 22.8 Å². The van der Waals surface area contributed by atoms with Crippen LogP contribution in [0, 0.1) is 0 Å². The minimum absolute atomic E-state index is 0.198. The van der Waals surface area contributed by atoms with Crippen LogP contribution in [0.3, 0.4) is 0 Å². The molecule has 1 atom stereocenters. The molecule has 1 N–H and O–H groups in total. The largest absolute Gasteiger partial charge is 0.493 e. The number of amidine groups is 1. The molecule has 0 saturated carbocycles. The molecular formula is C28H26Br2N4O3S. The topological polar surface area (TPSA) is 75.5 Å². The molecule has 0 aliphatic carbocycles. The van der Waals surface area contributed by atoms with E-state index in [0.29, 0.717) is 33.4 Å². The van der Waals surface area contributed by atoms with Gasteiger partial charge in [-0.3, -0.25) is 15.1 Å². The lowest BCUT2D eigenvalue weighted by atomic mass is 10.1. The molecule has 5 rings (SSSR count). The second kappa shape index (κ2) is 11.9. The number of unbranched alkanes of at least 4 members (excludes halogenated alkanes) is 1. The first-order valence-electron chi connectivity index (χ1n) is 12.2. The van der Waals surface area contributed by atoms with Crippen LogP contribution in [0.2, 0.25) is 0 Å². The van der Waals surface area contributed by atoms with Crippen molar-refractivity contribution in [2.75, 3.05) is 12.9 Å². The number of thioether (sulfide) groups is 1. The quantitative estimate of drug-likeness (QED) is 0.325. The first-order valence-corrected chi connectivity index (χ1v) is 14.8. The molecule has 0 aromatic heterocycles. The predicted octanol–water partition coefficient (Wildman–Crippen LogP) is 5.48. The van der Waals surface area contributed by atoms with Crippen molar-refractivity contribution >= 4 is 60.4 Å². The first-order chi connectivity index (χ1) is 18.5. The van der Waals surface area contributed by atoms with Crippen molar-refractivity contribution in [2.45, 2.75) is 32.5 Å². The molecule has 3 aromatic carbocycles. The van der Waals surface area contributed by atoms with Crippen LogP contribution < -0.4 is 25.4 Å². The van der Waals surface area contributed by atoms with E-state index in [1.807, 2.05) is 60.7 Å². The number of halogens is 2. The number of carbonyl (C=O) groups is 1. The maximum atomic E-state index is 13.4. The highest BCUT2D eigenvalue weighted by Crippen LogP contribution is 2.47. The number of para-hydroxylation sites is 1. The molecule has 0 unspecified atom stereocenters. The minimum atomic E-state index is -0.601. The van der Waals surface area contributed by atoms with E-state index in [4.69, 9.17) is 19.6 Å². The Morgan fingerprint density at radius 1 is 1.08 bits per heavy atom. The summed E-state index contributed by atoms with van der Waals surface area (Å²) < 4.78 is 13.4. The third-order valence-corrected chi connectivity index (χ3v) is 9.23. The summed E-state index contributed by atoms with van der Waals surface area (Å²) >= 11 is 9.01. The van der Waals surface area contributed by atoms with Crippen LogP contribution in [0.15, 0.2) is 79.7 Å². The molecule has 0 spiro atoms. The molecule has 0 bridgehead atoms. The van der Waals surface area contributed by atoms with Crippen molar-refractivity contribution in [3.05, 3.63) is 91.3 Å². The van der Waals surface area contributed by atoms with Crippen molar-refractivity contribution in [1.29, 1.82) is 0 Å². The van der Waals surface area contributed by atoms with Crippen molar-refractivity contribution in [3.63, 3.8) is 0 Å². The Bertz CT molecular complexity index is 1510. The molecule has 2 aliphatic heterocycles. The zero-order chi connectivity index (χ0) is 26.6. The van der Waals surface area contributed by atoms with Crippen LogP contribution in [-0.4, -0.2) is 28.9 Å². The highest BCUT2D eigenvalue weighted by molar-refractivity contribution is 9.13. The fourth-order valence-corrected chi connectivity index (χ4v) is 6.19. The average molecular weight is 658 g/mol. The second-order valence-corrected chi connectivity index (χ2v) is 11.3. The Hall–Kier alpha value is -2.82. The molecule has 1 amide bonds. The molecule has 196 valence electrons.